The van der Waals surface area contributed by atoms with Gasteiger partial charge in [-0.3, -0.25) is 4.79 Å². The lowest BCUT2D eigenvalue weighted by Crippen LogP contribution is -2.51. The Bertz CT molecular complexity index is 1290. The molecule has 1 fully saturated rings. The molecule has 31 heavy (non-hydrogen) atoms. The van der Waals surface area contributed by atoms with E-state index in [0.717, 1.165) is 40.9 Å². The van der Waals surface area contributed by atoms with E-state index in [1.165, 1.54) is 5.69 Å². The molecular formula is C25H23N3O3. The van der Waals surface area contributed by atoms with E-state index in [2.05, 4.69) is 40.3 Å². The van der Waals surface area contributed by atoms with Crippen molar-refractivity contribution < 1.29 is 13.9 Å². The monoisotopic (exact) mass is 413 g/mol. The third-order valence-corrected chi connectivity index (χ3v) is 6.68. The second-order valence-electron chi connectivity index (χ2n) is 8.32. The van der Waals surface area contributed by atoms with Gasteiger partial charge in [-0.2, -0.15) is 0 Å². The number of fused-ring (bicyclic) bond motifs is 5. The highest BCUT2D eigenvalue weighted by Crippen LogP contribution is 2.44. The highest BCUT2D eigenvalue weighted by atomic mass is 16.5. The van der Waals surface area contributed by atoms with Crippen LogP contribution in [0.25, 0.3) is 16.7 Å². The van der Waals surface area contributed by atoms with E-state index in [1.807, 2.05) is 35.2 Å². The van der Waals surface area contributed by atoms with Crippen LogP contribution < -0.4 is 10.1 Å². The van der Waals surface area contributed by atoms with Gasteiger partial charge in [-0.05, 0) is 61.4 Å². The first-order chi connectivity index (χ1) is 15.2. The summed E-state index contributed by atoms with van der Waals surface area (Å²) >= 11 is 0. The average Bonchev–Trinajstić information content (AvgIpc) is 3.48. The predicted octanol–water partition coefficient (Wildman–Crippen LogP) is 4.79. The van der Waals surface area contributed by atoms with E-state index in [9.17, 15) is 4.79 Å². The smallest absolute Gasteiger partial charge is 0.253 e. The molecule has 2 aromatic carbocycles. The topological polar surface area (TPSA) is 59.6 Å². The lowest BCUT2D eigenvalue weighted by molar-refractivity contribution is 0.0676. The average molecular weight is 413 g/mol. The van der Waals surface area contributed by atoms with Gasteiger partial charge >= 0.3 is 0 Å². The Morgan fingerprint density at radius 2 is 1.97 bits per heavy atom. The van der Waals surface area contributed by atoms with E-state index in [1.54, 1.807) is 13.4 Å². The molecule has 2 aliphatic rings. The minimum Gasteiger partial charge on any atom is -0.497 e. The molecule has 0 atom stereocenters. The summed E-state index contributed by atoms with van der Waals surface area (Å²) in [6.45, 7) is 1.39. The Balaban J connectivity index is 1.28. The van der Waals surface area contributed by atoms with Crippen molar-refractivity contribution in [2.24, 2.45) is 0 Å². The second-order valence-corrected chi connectivity index (χ2v) is 8.32. The van der Waals surface area contributed by atoms with Gasteiger partial charge in [-0.25, -0.2) is 0 Å². The standard InChI is InChI=1S/C25H23N3O3/c1-30-19-5-6-21-20(16-19)26-25(23-3-2-11-28(21)23)9-12-27(13-10-25)24(29)18-4-7-22-17(15-18)8-14-31-22/h2-8,11,14-16,26H,9-10,12-13H2,1H3. The molecule has 4 aromatic rings. The molecule has 1 spiro atoms. The van der Waals surface area contributed by atoms with Crippen molar-refractivity contribution in [2.75, 3.05) is 25.5 Å². The van der Waals surface area contributed by atoms with Crippen LogP contribution >= 0.6 is 0 Å². The summed E-state index contributed by atoms with van der Waals surface area (Å²) in [7, 11) is 1.69. The molecule has 0 aliphatic carbocycles. The van der Waals surface area contributed by atoms with Gasteiger partial charge in [0, 0.05) is 42.0 Å². The summed E-state index contributed by atoms with van der Waals surface area (Å²) in [6.07, 6.45) is 5.45. The Kier molecular flexibility index (Phi) is 3.90. The summed E-state index contributed by atoms with van der Waals surface area (Å²) < 4.78 is 13.1. The van der Waals surface area contributed by atoms with Gasteiger partial charge in [-0.15, -0.1) is 0 Å². The van der Waals surface area contributed by atoms with Gasteiger partial charge in [0.05, 0.1) is 30.3 Å². The first-order valence-electron chi connectivity index (χ1n) is 10.6. The van der Waals surface area contributed by atoms with Crippen LogP contribution in [0.15, 0.2) is 71.5 Å². The predicted molar refractivity (Wildman–Crippen MR) is 119 cm³/mol. The fourth-order valence-corrected chi connectivity index (χ4v) is 5.01. The number of benzene rings is 2. The zero-order valence-electron chi connectivity index (χ0n) is 17.3. The third kappa shape index (κ3) is 2.75. The van der Waals surface area contributed by atoms with E-state index in [4.69, 9.17) is 9.15 Å². The van der Waals surface area contributed by atoms with E-state index < -0.39 is 0 Å². The van der Waals surface area contributed by atoms with Crippen molar-refractivity contribution in [2.45, 2.75) is 18.4 Å². The quantitative estimate of drug-likeness (QED) is 0.513. The number of furan rings is 1. The number of hydrogen-bond donors (Lipinski definition) is 1. The number of methoxy groups -OCH3 is 1. The van der Waals surface area contributed by atoms with Gasteiger partial charge in [0.15, 0.2) is 0 Å². The number of hydrogen-bond acceptors (Lipinski definition) is 4. The second kappa shape index (κ2) is 6.67. The summed E-state index contributed by atoms with van der Waals surface area (Å²) in [5.74, 6) is 0.908. The van der Waals surface area contributed by atoms with Crippen molar-refractivity contribution in [3.05, 3.63) is 78.3 Å². The molecule has 0 bridgehead atoms. The van der Waals surface area contributed by atoms with Crippen molar-refractivity contribution in [1.82, 2.24) is 9.47 Å². The van der Waals surface area contributed by atoms with Crippen LogP contribution in [0.2, 0.25) is 0 Å². The van der Waals surface area contributed by atoms with Crippen LogP contribution in [0.3, 0.4) is 0 Å². The van der Waals surface area contributed by atoms with Crippen molar-refractivity contribution in [3.63, 3.8) is 0 Å². The van der Waals surface area contributed by atoms with Crippen molar-refractivity contribution >= 4 is 22.6 Å². The number of anilines is 1. The molecule has 1 saturated heterocycles. The maximum atomic E-state index is 13.2. The number of carbonyl (C=O) groups is 1. The number of likely N-dealkylation sites (tertiary alicyclic amines) is 1. The normalized spacial score (nSPS) is 16.6. The third-order valence-electron chi connectivity index (χ3n) is 6.68. The molecule has 2 aromatic heterocycles. The number of nitrogens with zero attached hydrogens (tertiary/aromatic N) is 2. The fraction of sp³-hybridized carbons (Fsp3) is 0.240. The number of carbonyl (C=O) groups excluding carboxylic acids is 1. The SMILES string of the molecule is COc1ccc2c(c1)NC1(CCN(C(=O)c3ccc4occc4c3)CC1)c1cccn1-2. The largest absolute Gasteiger partial charge is 0.497 e. The molecule has 0 unspecified atom stereocenters. The maximum Gasteiger partial charge on any atom is 0.253 e. The number of rotatable bonds is 2. The molecule has 6 heteroatoms. The molecule has 1 amide bonds. The van der Waals surface area contributed by atoms with Crippen LogP contribution in [0.1, 0.15) is 28.9 Å². The molecule has 0 saturated carbocycles. The summed E-state index contributed by atoms with van der Waals surface area (Å²) in [4.78, 5) is 15.1. The lowest BCUT2D eigenvalue weighted by Gasteiger charge is -2.46. The fourth-order valence-electron chi connectivity index (χ4n) is 5.01. The molecule has 156 valence electrons. The molecule has 6 nitrogen and oxygen atoms in total. The van der Waals surface area contributed by atoms with E-state index in [-0.39, 0.29) is 11.4 Å². The highest BCUT2D eigenvalue weighted by molar-refractivity contribution is 5.97. The van der Waals surface area contributed by atoms with Crippen molar-refractivity contribution in [3.8, 4) is 11.4 Å². The van der Waals surface area contributed by atoms with Crippen LogP contribution in [0.5, 0.6) is 5.75 Å². The highest BCUT2D eigenvalue weighted by Gasteiger charge is 2.42. The molecule has 4 heterocycles. The van der Waals surface area contributed by atoms with Gasteiger partial charge in [0.2, 0.25) is 0 Å². The first kappa shape index (κ1) is 18.1. The van der Waals surface area contributed by atoms with Crippen LogP contribution in [0, 0.1) is 0 Å². The van der Waals surface area contributed by atoms with Crippen LogP contribution in [-0.4, -0.2) is 35.6 Å². The van der Waals surface area contributed by atoms with Crippen LogP contribution in [0.4, 0.5) is 5.69 Å². The summed E-state index contributed by atoms with van der Waals surface area (Å²) in [6, 6.07) is 17.9. The molecule has 2 aliphatic heterocycles. The number of ether oxygens (including phenoxy) is 1. The summed E-state index contributed by atoms with van der Waals surface area (Å²) in [5.41, 5.74) is 4.74. The Labute approximate surface area is 180 Å². The lowest BCUT2D eigenvalue weighted by atomic mass is 9.82. The first-order valence-corrected chi connectivity index (χ1v) is 10.6. The zero-order chi connectivity index (χ0) is 21.0. The van der Waals surface area contributed by atoms with Gasteiger partial charge in [0.1, 0.15) is 11.3 Å². The zero-order valence-corrected chi connectivity index (χ0v) is 17.3. The summed E-state index contributed by atoms with van der Waals surface area (Å²) in [5, 5.41) is 4.75. The Hall–Kier alpha value is -3.67. The maximum absolute atomic E-state index is 13.2. The number of piperidine rings is 1. The Morgan fingerprint density at radius 3 is 2.81 bits per heavy atom. The van der Waals surface area contributed by atoms with Gasteiger partial charge < -0.3 is 23.9 Å². The van der Waals surface area contributed by atoms with E-state index in [0.29, 0.717) is 18.7 Å². The minimum atomic E-state index is -0.200. The molecule has 1 N–H and O–H groups in total. The molecule has 0 radical (unpaired) electrons. The van der Waals surface area contributed by atoms with E-state index >= 15 is 0 Å². The minimum absolute atomic E-state index is 0.0752. The Morgan fingerprint density at radius 1 is 1.10 bits per heavy atom. The van der Waals surface area contributed by atoms with Crippen LogP contribution in [-0.2, 0) is 5.54 Å². The number of amides is 1. The van der Waals surface area contributed by atoms with Crippen molar-refractivity contribution in [1.29, 1.82) is 0 Å². The molecular weight excluding hydrogens is 390 g/mol. The van der Waals surface area contributed by atoms with Gasteiger partial charge in [-0.1, -0.05) is 0 Å². The molecule has 6 rings (SSSR count). The number of aromatic nitrogens is 1. The number of nitrogens with one attached hydrogen (secondary N) is 1. The van der Waals surface area contributed by atoms with Gasteiger partial charge in [0.25, 0.3) is 5.91 Å².